The summed E-state index contributed by atoms with van der Waals surface area (Å²) >= 11 is 0. The fourth-order valence-electron chi connectivity index (χ4n) is 1.87. The maximum Gasteiger partial charge on any atom is 0.188 e. The van der Waals surface area contributed by atoms with E-state index < -0.39 is 0 Å². The molecule has 5 nitrogen and oxygen atoms in total. The summed E-state index contributed by atoms with van der Waals surface area (Å²) in [6.45, 7) is 8.19. The molecule has 1 aliphatic rings. The summed E-state index contributed by atoms with van der Waals surface area (Å²) in [5.41, 5.74) is 5.69. The molecule has 5 heteroatoms. The monoisotopic (exact) mass is 257 g/mol. The highest BCUT2D eigenvalue weighted by atomic mass is 16.5. The molecule has 1 fully saturated rings. The first-order valence-electron chi connectivity index (χ1n) is 6.90. The largest absolute Gasteiger partial charge is 0.381 e. The summed E-state index contributed by atoms with van der Waals surface area (Å²) < 4.78 is 11.0. The molecule has 18 heavy (non-hydrogen) atoms. The SMILES string of the molecule is CC(C)NC(N)=NCCCOCC1CCOCC1. The van der Waals surface area contributed by atoms with Crippen LogP contribution in [0.25, 0.3) is 0 Å². The van der Waals surface area contributed by atoms with Gasteiger partial charge >= 0.3 is 0 Å². The molecule has 0 spiro atoms. The summed E-state index contributed by atoms with van der Waals surface area (Å²) in [6.07, 6.45) is 3.18. The minimum atomic E-state index is 0.332. The summed E-state index contributed by atoms with van der Waals surface area (Å²) in [7, 11) is 0. The predicted molar refractivity (Wildman–Crippen MR) is 73.7 cm³/mol. The highest BCUT2D eigenvalue weighted by Gasteiger charge is 2.13. The zero-order chi connectivity index (χ0) is 13.2. The van der Waals surface area contributed by atoms with Crippen LogP contribution in [0.1, 0.15) is 33.1 Å². The first-order valence-corrected chi connectivity index (χ1v) is 6.90. The van der Waals surface area contributed by atoms with Gasteiger partial charge in [-0.15, -0.1) is 0 Å². The van der Waals surface area contributed by atoms with Crippen LogP contribution in [0.15, 0.2) is 4.99 Å². The van der Waals surface area contributed by atoms with E-state index in [0.29, 0.717) is 17.9 Å². The van der Waals surface area contributed by atoms with E-state index in [9.17, 15) is 0 Å². The van der Waals surface area contributed by atoms with Crippen molar-refractivity contribution in [2.45, 2.75) is 39.2 Å². The number of rotatable bonds is 7. The third-order valence-electron chi connectivity index (χ3n) is 2.86. The van der Waals surface area contributed by atoms with Gasteiger partial charge in [0.25, 0.3) is 0 Å². The van der Waals surface area contributed by atoms with Crippen molar-refractivity contribution in [3.05, 3.63) is 0 Å². The molecule has 0 aromatic heterocycles. The van der Waals surface area contributed by atoms with Gasteiger partial charge < -0.3 is 20.5 Å². The molecule has 0 atom stereocenters. The Bertz CT molecular complexity index is 238. The van der Waals surface area contributed by atoms with E-state index in [1.807, 2.05) is 13.8 Å². The third-order valence-corrected chi connectivity index (χ3v) is 2.86. The van der Waals surface area contributed by atoms with Gasteiger partial charge in [0.15, 0.2) is 5.96 Å². The van der Waals surface area contributed by atoms with Gasteiger partial charge in [-0.1, -0.05) is 0 Å². The fourth-order valence-corrected chi connectivity index (χ4v) is 1.87. The molecule has 0 aromatic rings. The van der Waals surface area contributed by atoms with Gasteiger partial charge in [0, 0.05) is 39.0 Å². The van der Waals surface area contributed by atoms with E-state index in [0.717, 1.165) is 52.2 Å². The number of nitrogens with zero attached hydrogens (tertiary/aromatic N) is 1. The van der Waals surface area contributed by atoms with Gasteiger partial charge in [-0.2, -0.15) is 0 Å². The Balaban J connectivity index is 1.94. The Morgan fingerprint density at radius 3 is 2.83 bits per heavy atom. The fraction of sp³-hybridized carbons (Fsp3) is 0.923. The van der Waals surface area contributed by atoms with Crippen molar-refractivity contribution in [2.75, 3.05) is 33.0 Å². The van der Waals surface area contributed by atoms with E-state index in [-0.39, 0.29) is 0 Å². The minimum absolute atomic E-state index is 0.332. The molecule has 0 radical (unpaired) electrons. The summed E-state index contributed by atoms with van der Waals surface area (Å²) in [4.78, 5) is 4.23. The van der Waals surface area contributed by atoms with Crippen LogP contribution in [-0.2, 0) is 9.47 Å². The average molecular weight is 257 g/mol. The third kappa shape index (κ3) is 7.50. The van der Waals surface area contributed by atoms with E-state index >= 15 is 0 Å². The standard InChI is InChI=1S/C13H27N3O2/c1-11(2)16-13(14)15-6-3-7-18-10-12-4-8-17-9-5-12/h11-12H,3-10H2,1-2H3,(H3,14,15,16). The molecule has 106 valence electrons. The number of hydrogen-bond donors (Lipinski definition) is 2. The van der Waals surface area contributed by atoms with Crippen molar-refractivity contribution in [2.24, 2.45) is 16.6 Å². The van der Waals surface area contributed by atoms with Gasteiger partial charge in [0.2, 0.25) is 0 Å². The van der Waals surface area contributed by atoms with Crippen LogP contribution in [0.3, 0.4) is 0 Å². The highest BCUT2D eigenvalue weighted by molar-refractivity contribution is 5.77. The Labute approximate surface area is 110 Å². The Morgan fingerprint density at radius 1 is 1.44 bits per heavy atom. The van der Waals surface area contributed by atoms with E-state index in [1.54, 1.807) is 0 Å². The van der Waals surface area contributed by atoms with Crippen molar-refractivity contribution in [3.63, 3.8) is 0 Å². The zero-order valence-electron chi connectivity index (χ0n) is 11.7. The number of ether oxygens (including phenoxy) is 2. The molecule has 0 unspecified atom stereocenters. The summed E-state index contributed by atoms with van der Waals surface area (Å²) in [6, 6.07) is 0.332. The van der Waals surface area contributed by atoms with Gasteiger partial charge in [0.05, 0.1) is 0 Å². The van der Waals surface area contributed by atoms with Gasteiger partial charge in [-0.25, -0.2) is 0 Å². The number of aliphatic imine (C=N–C) groups is 1. The Hall–Kier alpha value is -0.810. The molecule has 1 rings (SSSR count). The van der Waals surface area contributed by atoms with Crippen molar-refractivity contribution < 1.29 is 9.47 Å². The van der Waals surface area contributed by atoms with Crippen LogP contribution in [0.5, 0.6) is 0 Å². The van der Waals surface area contributed by atoms with Crippen molar-refractivity contribution in [1.29, 1.82) is 0 Å². The molecule has 1 saturated heterocycles. The van der Waals surface area contributed by atoms with Gasteiger partial charge in [0.1, 0.15) is 0 Å². The maximum absolute atomic E-state index is 5.69. The van der Waals surface area contributed by atoms with Crippen LogP contribution in [-0.4, -0.2) is 45.0 Å². The molecule has 1 aliphatic heterocycles. The van der Waals surface area contributed by atoms with E-state index in [1.165, 1.54) is 0 Å². The Morgan fingerprint density at radius 2 is 2.17 bits per heavy atom. The van der Waals surface area contributed by atoms with Crippen LogP contribution in [0.4, 0.5) is 0 Å². The van der Waals surface area contributed by atoms with Crippen molar-refractivity contribution in [3.8, 4) is 0 Å². The second-order valence-electron chi connectivity index (χ2n) is 5.05. The predicted octanol–water partition coefficient (Wildman–Crippen LogP) is 1.13. The normalized spacial score (nSPS) is 18.3. The molecular weight excluding hydrogens is 230 g/mol. The number of guanidine groups is 1. The molecular formula is C13H27N3O2. The van der Waals surface area contributed by atoms with Crippen LogP contribution in [0.2, 0.25) is 0 Å². The highest BCUT2D eigenvalue weighted by Crippen LogP contribution is 2.14. The zero-order valence-corrected chi connectivity index (χ0v) is 11.7. The molecule has 0 aromatic carbocycles. The first-order chi connectivity index (χ1) is 8.68. The number of hydrogen-bond acceptors (Lipinski definition) is 3. The molecule has 3 N–H and O–H groups in total. The Kier molecular flexibility index (Phi) is 7.76. The molecule has 0 amide bonds. The van der Waals surface area contributed by atoms with Gasteiger partial charge in [-0.3, -0.25) is 4.99 Å². The maximum atomic E-state index is 5.69. The lowest BCUT2D eigenvalue weighted by Gasteiger charge is -2.21. The summed E-state index contributed by atoms with van der Waals surface area (Å²) in [5.74, 6) is 1.20. The minimum Gasteiger partial charge on any atom is -0.381 e. The molecule has 0 bridgehead atoms. The van der Waals surface area contributed by atoms with Crippen LogP contribution in [0, 0.1) is 5.92 Å². The number of nitrogens with one attached hydrogen (secondary N) is 1. The molecule has 1 heterocycles. The van der Waals surface area contributed by atoms with E-state index in [2.05, 4.69) is 10.3 Å². The molecule has 0 aliphatic carbocycles. The summed E-state index contributed by atoms with van der Waals surface area (Å²) in [5, 5.41) is 3.06. The topological polar surface area (TPSA) is 68.9 Å². The van der Waals surface area contributed by atoms with Crippen molar-refractivity contribution in [1.82, 2.24) is 5.32 Å². The lowest BCUT2D eigenvalue weighted by Crippen LogP contribution is -2.36. The quantitative estimate of drug-likeness (QED) is 0.407. The second kappa shape index (κ2) is 9.16. The first kappa shape index (κ1) is 15.2. The van der Waals surface area contributed by atoms with Gasteiger partial charge in [-0.05, 0) is 39.0 Å². The van der Waals surface area contributed by atoms with Crippen LogP contribution < -0.4 is 11.1 Å². The number of nitrogens with two attached hydrogens (primary N) is 1. The average Bonchev–Trinajstić information content (AvgIpc) is 2.34. The van der Waals surface area contributed by atoms with Crippen molar-refractivity contribution >= 4 is 5.96 Å². The van der Waals surface area contributed by atoms with Crippen LogP contribution >= 0.6 is 0 Å². The second-order valence-corrected chi connectivity index (χ2v) is 5.05. The molecule has 0 saturated carbocycles. The lowest BCUT2D eigenvalue weighted by atomic mass is 10.0. The smallest absolute Gasteiger partial charge is 0.188 e. The van der Waals surface area contributed by atoms with E-state index in [4.69, 9.17) is 15.2 Å². The lowest BCUT2D eigenvalue weighted by molar-refractivity contribution is 0.0205.